The second-order valence-corrected chi connectivity index (χ2v) is 19.9. The van der Waals surface area contributed by atoms with Crippen LogP contribution in [0.2, 0.25) is 0 Å². The number of anilines is 3. The summed E-state index contributed by atoms with van der Waals surface area (Å²) in [5, 5.41) is 7.79. The van der Waals surface area contributed by atoms with E-state index >= 15 is 0 Å². The van der Waals surface area contributed by atoms with Crippen LogP contribution < -0.4 is 4.90 Å². The summed E-state index contributed by atoms with van der Waals surface area (Å²) in [6, 6.07) is 86.0. The highest BCUT2D eigenvalue weighted by Gasteiger charge is 2.44. The van der Waals surface area contributed by atoms with Crippen LogP contribution in [0.4, 0.5) is 17.1 Å². The molecule has 0 aliphatic heterocycles. The molecule has 3 heterocycles. The maximum atomic E-state index is 2.63. The molecule has 14 rings (SSSR count). The van der Waals surface area contributed by atoms with Gasteiger partial charge in [-0.2, -0.15) is 0 Å². The maximum Gasteiger partial charge on any atom is 0.0708 e. The van der Waals surface area contributed by atoms with E-state index in [1.165, 1.54) is 101 Å². The van der Waals surface area contributed by atoms with E-state index in [4.69, 9.17) is 0 Å². The summed E-state index contributed by atoms with van der Waals surface area (Å²) >= 11 is 3.93. The maximum absolute atomic E-state index is 2.63. The van der Waals surface area contributed by atoms with Crippen molar-refractivity contribution in [3.05, 3.63) is 264 Å². The van der Waals surface area contributed by atoms with Crippen molar-refractivity contribution >= 4 is 102 Å². The van der Waals surface area contributed by atoms with Crippen molar-refractivity contribution in [2.24, 2.45) is 0 Å². The Labute approximate surface area is 396 Å². The van der Waals surface area contributed by atoms with Gasteiger partial charge in [0.05, 0.1) is 22.1 Å². The lowest BCUT2D eigenvalue weighted by atomic mass is 9.63. The zero-order valence-corrected chi connectivity index (χ0v) is 38.2. The van der Waals surface area contributed by atoms with E-state index in [2.05, 4.69) is 240 Å². The Kier molecular flexibility index (Phi) is 8.70. The highest BCUT2D eigenvalue weighted by Crippen LogP contribution is 2.56. The Morgan fingerprint density at radius 3 is 1.57 bits per heavy atom. The van der Waals surface area contributed by atoms with E-state index in [9.17, 15) is 0 Å². The van der Waals surface area contributed by atoms with Gasteiger partial charge < -0.3 is 9.47 Å². The first kappa shape index (κ1) is 38.5. The molecule has 0 bridgehead atoms. The minimum Gasteiger partial charge on any atom is -0.310 e. The molecule has 2 nitrogen and oxygen atoms in total. The fourth-order valence-corrected chi connectivity index (χ4v) is 14.2. The summed E-state index contributed by atoms with van der Waals surface area (Å²) < 4.78 is 8.04. The number of aromatic nitrogens is 1. The number of benzene rings is 10. The SMILES string of the molecule is c1ccc(N(c2ccccc2)c2ccc3c(c2)c2ccccc2n3-c2cc3c(c4sc5ccccc5c24)CCc2c(ccc4c2sc2ccccc24)C3(c2ccccc2)c2ccccc2)cc1. The molecule has 10 aromatic carbocycles. The van der Waals surface area contributed by atoms with Crippen molar-refractivity contribution in [1.82, 2.24) is 4.57 Å². The first-order chi connectivity index (χ1) is 33.3. The molecule has 0 amide bonds. The molecule has 0 spiro atoms. The molecule has 0 N–H and O–H groups in total. The smallest absolute Gasteiger partial charge is 0.0708 e. The van der Waals surface area contributed by atoms with Crippen LogP contribution in [0.25, 0.3) is 67.8 Å². The number of hydrogen-bond donors (Lipinski definition) is 0. The molecule has 1 aliphatic rings. The predicted molar refractivity (Wildman–Crippen MR) is 287 cm³/mol. The average Bonchev–Trinajstić information content (AvgIpc) is 4.05. The van der Waals surface area contributed by atoms with Gasteiger partial charge in [-0.25, -0.2) is 0 Å². The largest absolute Gasteiger partial charge is 0.310 e. The van der Waals surface area contributed by atoms with Gasteiger partial charge in [-0.15, -0.1) is 22.7 Å². The molecule has 4 heteroatoms. The van der Waals surface area contributed by atoms with Gasteiger partial charge in [0.1, 0.15) is 0 Å². The van der Waals surface area contributed by atoms with Crippen LogP contribution in [0.15, 0.2) is 231 Å². The Morgan fingerprint density at radius 1 is 0.373 bits per heavy atom. The fraction of sp³-hybridized carbons (Fsp3) is 0.0476. The van der Waals surface area contributed by atoms with Crippen molar-refractivity contribution in [2.45, 2.75) is 18.3 Å². The molecule has 1 aliphatic carbocycles. The summed E-state index contributed by atoms with van der Waals surface area (Å²) in [7, 11) is 0. The predicted octanol–water partition coefficient (Wildman–Crippen LogP) is 17.5. The number of fused-ring (bicyclic) bond motifs is 13. The molecule has 0 saturated heterocycles. The highest BCUT2D eigenvalue weighted by atomic mass is 32.1. The highest BCUT2D eigenvalue weighted by molar-refractivity contribution is 7.26. The third kappa shape index (κ3) is 5.67. The first-order valence-electron chi connectivity index (χ1n) is 23.2. The zero-order chi connectivity index (χ0) is 44.1. The number of aryl methyl sites for hydroxylation is 2. The second kappa shape index (κ2) is 15.1. The molecule has 316 valence electrons. The molecule has 0 radical (unpaired) electrons. The number of rotatable bonds is 6. The Balaban J connectivity index is 1.13. The quantitative estimate of drug-likeness (QED) is 0.161. The van der Waals surface area contributed by atoms with E-state index in [-0.39, 0.29) is 0 Å². The van der Waals surface area contributed by atoms with E-state index < -0.39 is 5.41 Å². The Hall–Kier alpha value is -7.76. The van der Waals surface area contributed by atoms with Crippen LogP contribution in [0.5, 0.6) is 0 Å². The number of para-hydroxylation sites is 3. The van der Waals surface area contributed by atoms with Crippen molar-refractivity contribution in [2.75, 3.05) is 4.90 Å². The Morgan fingerprint density at radius 2 is 0.896 bits per heavy atom. The van der Waals surface area contributed by atoms with Gasteiger partial charge in [0, 0.05) is 68.2 Å². The standard InChI is InChI=1S/C63H42N2S2/c1-5-19-41(20-6-1)63(42-21-7-2-8-22-42)53-37-36-48-47-28-14-17-31-58(47)66-61(48)49(53)34-35-50-54(63)40-57(60-51-29-15-18-32-59(51)67-62(50)60)65-55-30-16-13-27-46(55)52-39-45(33-38-56(52)65)64(43-23-9-3-10-24-43)44-25-11-4-12-26-44/h1-33,36-40H,34-35H2. The van der Waals surface area contributed by atoms with E-state index in [1.807, 2.05) is 22.7 Å². The zero-order valence-electron chi connectivity index (χ0n) is 36.6. The number of hydrogen-bond acceptors (Lipinski definition) is 3. The van der Waals surface area contributed by atoms with E-state index in [1.54, 1.807) is 0 Å². The van der Waals surface area contributed by atoms with Gasteiger partial charge in [-0.05, 0) is 113 Å². The van der Waals surface area contributed by atoms with E-state index in [0.29, 0.717) is 0 Å². The Bertz CT molecular complexity index is 3950. The van der Waals surface area contributed by atoms with Gasteiger partial charge in [0.25, 0.3) is 0 Å². The average molecular weight is 891 g/mol. The summed E-state index contributed by atoms with van der Waals surface area (Å²) in [5.41, 5.74) is 14.6. The van der Waals surface area contributed by atoms with Crippen LogP contribution in [0.3, 0.4) is 0 Å². The summed E-state index contributed by atoms with van der Waals surface area (Å²) in [6.07, 6.45) is 1.89. The summed E-state index contributed by atoms with van der Waals surface area (Å²) in [4.78, 5) is 2.37. The third-order valence-corrected chi connectivity index (χ3v) is 16.9. The van der Waals surface area contributed by atoms with Gasteiger partial charge in [-0.3, -0.25) is 0 Å². The fourth-order valence-electron chi connectivity index (χ4n) is 11.7. The molecule has 0 unspecified atom stereocenters. The van der Waals surface area contributed by atoms with E-state index in [0.717, 1.165) is 29.9 Å². The molecular weight excluding hydrogens is 849 g/mol. The van der Waals surface area contributed by atoms with Crippen LogP contribution in [0.1, 0.15) is 33.4 Å². The summed E-state index contributed by atoms with van der Waals surface area (Å²) in [6.45, 7) is 0. The molecule has 0 saturated carbocycles. The van der Waals surface area contributed by atoms with Crippen LogP contribution in [-0.4, -0.2) is 4.57 Å². The first-order valence-corrected chi connectivity index (χ1v) is 24.8. The molecule has 67 heavy (non-hydrogen) atoms. The molecule has 13 aromatic rings. The lowest BCUT2D eigenvalue weighted by Crippen LogP contribution is -2.32. The lowest BCUT2D eigenvalue weighted by Gasteiger charge is -2.38. The van der Waals surface area contributed by atoms with Crippen LogP contribution in [0, 0.1) is 0 Å². The minimum atomic E-state index is -0.620. The third-order valence-electron chi connectivity index (χ3n) is 14.4. The van der Waals surface area contributed by atoms with Gasteiger partial charge >= 0.3 is 0 Å². The molecule has 0 atom stereocenters. The molecule has 3 aromatic heterocycles. The minimum absolute atomic E-state index is 0.620. The number of thiophene rings is 2. The van der Waals surface area contributed by atoms with Gasteiger partial charge in [0.2, 0.25) is 0 Å². The van der Waals surface area contributed by atoms with Crippen molar-refractivity contribution < 1.29 is 0 Å². The monoisotopic (exact) mass is 890 g/mol. The van der Waals surface area contributed by atoms with Gasteiger partial charge in [0.15, 0.2) is 0 Å². The summed E-state index contributed by atoms with van der Waals surface area (Å²) in [5.74, 6) is 0. The topological polar surface area (TPSA) is 8.17 Å². The molecular formula is C63H42N2S2. The van der Waals surface area contributed by atoms with Crippen LogP contribution in [-0.2, 0) is 18.3 Å². The second-order valence-electron chi connectivity index (χ2n) is 17.8. The van der Waals surface area contributed by atoms with Crippen LogP contribution >= 0.6 is 22.7 Å². The number of nitrogens with zero attached hydrogens (tertiary/aromatic N) is 2. The van der Waals surface area contributed by atoms with Crippen molar-refractivity contribution in [3.8, 4) is 5.69 Å². The molecule has 0 fully saturated rings. The van der Waals surface area contributed by atoms with Crippen molar-refractivity contribution in [3.63, 3.8) is 0 Å². The lowest BCUT2D eigenvalue weighted by molar-refractivity contribution is 0.742. The van der Waals surface area contributed by atoms with Crippen molar-refractivity contribution in [1.29, 1.82) is 0 Å². The van der Waals surface area contributed by atoms with Gasteiger partial charge in [-0.1, -0.05) is 164 Å². The normalized spacial score (nSPS) is 13.4.